The van der Waals surface area contributed by atoms with E-state index in [-0.39, 0.29) is 6.04 Å². The zero-order valence-electron chi connectivity index (χ0n) is 15.1. The van der Waals surface area contributed by atoms with Crippen molar-refractivity contribution in [3.63, 3.8) is 0 Å². The van der Waals surface area contributed by atoms with Gasteiger partial charge in [-0.05, 0) is 37.3 Å². The fourth-order valence-corrected chi connectivity index (χ4v) is 3.05. The molecule has 2 aromatic carbocycles. The monoisotopic (exact) mass is 388 g/mol. The van der Waals surface area contributed by atoms with E-state index >= 15 is 0 Å². The van der Waals surface area contributed by atoms with E-state index in [4.69, 9.17) is 9.15 Å². The molecule has 1 heterocycles. The molecule has 142 valence electrons. The van der Waals surface area contributed by atoms with Crippen LogP contribution in [0.1, 0.15) is 18.9 Å². The highest BCUT2D eigenvalue weighted by Gasteiger charge is 2.16. The number of hydrogen-bond donors (Lipinski definition) is 2. The van der Waals surface area contributed by atoms with E-state index in [1.54, 1.807) is 18.2 Å². The lowest BCUT2D eigenvalue weighted by atomic mass is 10.2. The lowest BCUT2D eigenvalue weighted by Gasteiger charge is -2.15. The van der Waals surface area contributed by atoms with Crippen molar-refractivity contribution in [3.8, 4) is 17.2 Å². The number of nitrogens with zero attached hydrogens (tertiary/aromatic N) is 2. The molecule has 2 N–H and O–H groups in total. The standard InChI is InChI=1S/C18H20N4O4S/c1-12(17-20-21-18(26-17)13-7-5-4-6-8-13)19-14-9-10-16(25-2)15(11-14)22-27(3,23)24/h4-12,19,22H,1-3H3. The average Bonchev–Trinajstić information content (AvgIpc) is 3.12. The molecule has 0 radical (unpaired) electrons. The molecule has 27 heavy (non-hydrogen) atoms. The highest BCUT2D eigenvalue weighted by Crippen LogP contribution is 2.30. The second kappa shape index (κ2) is 7.67. The van der Waals surface area contributed by atoms with Crippen LogP contribution in [0.15, 0.2) is 52.9 Å². The third-order valence-electron chi connectivity index (χ3n) is 3.71. The number of sulfonamides is 1. The summed E-state index contributed by atoms with van der Waals surface area (Å²) < 4.78 is 36.4. The van der Waals surface area contributed by atoms with E-state index in [0.717, 1.165) is 11.8 Å². The molecule has 3 rings (SSSR count). The highest BCUT2D eigenvalue weighted by molar-refractivity contribution is 7.92. The van der Waals surface area contributed by atoms with Crippen LogP contribution >= 0.6 is 0 Å². The predicted molar refractivity (Wildman–Crippen MR) is 103 cm³/mol. The van der Waals surface area contributed by atoms with E-state index in [0.29, 0.717) is 28.9 Å². The minimum absolute atomic E-state index is 0.283. The number of rotatable bonds is 7. The van der Waals surface area contributed by atoms with Crippen LogP contribution < -0.4 is 14.8 Å². The van der Waals surface area contributed by atoms with Crippen LogP contribution in [0.5, 0.6) is 5.75 Å². The van der Waals surface area contributed by atoms with Gasteiger partial charge in [0, 0.05) is 11.3 Å². The van der Waals surface area contributed by atoms with E-state index in [9.17, 15) is 8.42 Å². The van der Waals surface area contributed by atoms with Crippen molar-refractivity contribution in [2.24, 2.45) is 0 Å². The van der Waals surface area contributed by atoms with Gasteiger partial charge in [0.25, 0.3) is 0 Å². The smallest absolute Gasteiger partial charge is 0.247 e. The molecule has 1 aromatic heterocycles. The minimum Gasteiger partial charge on any atom is -0.495 e. The first-order chi connectivity index (χ1) is 12.9. The molecule has 1 atom stereocenters. The van der Waals surface area contributed by atoms with Gasteiger partial charge < -0.3 is 14.5 Å². The number of ether oxygens (including phenoxy) is 1. The second-order valence-corrected chi connectivity index (χ2v) is 7.72. The van der Waals surface area contributed by atoms with Crippen LogP contribution in [0.4, 0.5) is 11.4 Å². The molecule has 9 heteroatoms. The maximum Gasteiger partial charge on any atom is 0.247 e. The van der Waals surface area contributed by atoms with Gasteiger partial charge in [-0.15, -0.1) is 10.2 Å². The number of anilines is 2. The zero-order valence-corrected chi connectivity index (χ0v) is 15.9. The Kier molecular flexibility index (Phi) is 5.31. The fraction of sp³-hybridized carbons (Fsp3) is 0.222. The van der Waals surface area contributed by atoms with E-state index in [1.165, 1.54) is 7.11 Å². The molecule has 0 aliphatic carbocycles. The van der Waals surface area contributed by atoms with Crippen LogP contribution in [0.25, 0.3) is 11.5 Å². The first kappa shape index (κ1) is 18.7. The van der Waals surface area contributed by atoms with Crippen molar-refractivity contribution in [2.45, 2.75) is 13.0 Å². The summed E-state index contributed by atoms with van der Waals surface area (Å²) in [5.74, 6) is 1.28. The van der Waals surface area contributed by atoms with E-state index in [1.807, 2.05) is 37.3 Å². The van der Waals surface area contributed by atoms with Crippen molar-refractivity contribution in [2.75, 3.05) is 23.4 Å². The Bertz CT molecular complexity index is 1020. The van der Waals surface area contributed by atoms with Gasteiger partial charge in [0.15, 0.2) is 0 Å². The molecule has 0 bridgehead atoms. The Morgan fingerprint density at radius 3 is 2.52 bits per heavy atom. The minimum atomic E-state index is -3.43. The van der Waals surface area contributed by atoms with Crippen LogP contribution in [-0.4, -0.2) is 32.0 Å². The summed E-state index contributed by atoms with van der Waals surface area (Å²) in [5, 5.41) is 11.4. The molecular weight excluding hydrogens is 368 g/mol. The van der Waals surface area contributed by atoms with Crippen molar-refractivity contribution < 1.29 is 17.6 Å². The first-order valence-corrected chi connectivity index (χ1v) is 10.1. The summed E-state index contributed by atoms with van der Waals surface area (Å²) in [6.45, 7) is 1.87. The second-order valence-electron chi connectivity index (χ2n) is 5.97. The topological polar surface area (TPSA) is 106 Å². The van der Waals surface area contributed by atoms with Gasteiger partial charge in [-0.3, -0.25) is 4.72 Å². The number of nitrogens with one attached hydrogen (secondary N) is 2. The molecule has 1 unspecified atom stereocenters. The zero-order chi connectivity index (χ0) is 19.4. The largest absolute Gasteiger partial charge is 0.495 e. The molecule has 3 aromatic rings. The van der Waals surface area contributed by atoms with Crippen molar-refractivity contribution >= 4 is 21.4 Å². The van der Waals surface area contributed by atoms with Crippen molar-refractivity contribution in [3.05, 3.63) is 54.4 Å². The summed E-state index contributed by atoms with van der Waals surface area (Å²) in [6, 6.07) is 14.3. The van der Waals surface area contributed by atoms with Crippen molar-refractivity contribution in [1.82, 2.24) is 10.2 Å². The summed E-state index contributed by atoms with van der Waals surface area (Å²) in [5.41, 5.74) is 1.86. The molecule has 0 amide bonds. The molecule has 0 aliphatic heterocycles. The summed E-state index contributed by atoms with van der Waals surface area (Å²) in [6.07, 6.45) is 1.08. The third-order valence-corrected chi connectivity index (χ3v) is 4.30. The van der Waals surface area contributed by atoms with Crippen LogP contribution in [-0.2, 0) is 10.0 Å². The van der Waals surface area contributed by atoms with Crippen LogP contribution in [0.2, 0.25) is 0 Å². The highest BCUT2D eigenvalue weighted by atomic mass is 32.2. The number of aromatic nitrogens is 2. The Morgan fingerprint density at radius 1 is 1.11 bits per heavy atom. The summed E-state index contributed by atoms with van der Waals surface area (Å²) >= 11 is 0. The maximum absolute atomic E-state index is 11.5. The van der Waals surface area contributed by atoms with E-state index in [2.05, 4.69) is 20.2 Å². The Morgan fingerprint density at radius 2 is 1.85 bits per heavy atom. The molecule has 0 spiro atoms. The SMILES string of the molecule is COc1ccc(NC(C)c2nnc(-c3ccccc3)o2)cc1NS(C)(=O)=O. The van der Waals surface area contributed by atoms with Gasteiger partial charge in [0.1, 0.15) is 11.8 Å². The summed E-state index contributed by atoms with van der Waals surface area (Å²) in [4.78, 5) is 0. The molecule has 0 saturated carbocycles. The number of hydrogen-bond acceptors (Lipinski definition) is 7. The Labute approximate surface area is 157 Å². The first-order valence-electron chi connectivity index (χ1n) is 8.17. The Hall–Kier alpha value is -3.07. The lowest BCUT2D eigenvalue weighted by molar-refractivity contribution is 0.417. The lowest BCUT2D eigenvalue weighted by Crippen LogP contribution is -2.12. The Balaban J connectivity index is 1.79. The maximum atomic E-state index is 11.5. The number of benzene rings is 2. The van der Waals surface area contributed by atoms with Gasteiger partial charge in [0.2, 0.25) is 21.8 Å². The van der Waals surface area contributed by atoms with Gasteiger partial charge >= 0.3 is 0 Å². The predicted octanol–water partition coefficient (Wildman–Crippen LogP) is 3.29. The number of methoxy groups -OCH3 is 1. The van der Waals surface area contributed by atoms with Gasteiger partial charge in [-0.2, -0.15) is 0 Å². The van der Waals surface area contributed by atoms with Crippen molar-refractivity contribution in [1.29, 1.82) is 0 Å². The van der Waals surface area contributed by atoms with E-state index < -0.39 is 10.0 Å². The average molecular weight is 388 g/mol. The van der Waals surface area contributed by atoms with Gasteiger partial charge in [0.05, 0.1) is 19.1 Å². The normalized spacial score (nSPS) is 12.4. The molecular formula is C18H20N4O4S. The quantitative estimate of drug-likeness (QED) is 0.639. The molecule has 8 nitrogen and oxygen atoms in total. The van der Waals surface area contributed by atoms with Gasteiger partial charge in [-0.1, -0.05) is 18.2 Å². The molecule has 0 saturated heterocycles. The summed E-state index contributed by atoms with van der Waals surface area (Å²) in [7, 11) is -1.96. The van der Waals surface area contributed by atoms with Crippen LogP contribution in [0, 0.1) is 0 Å². The molecule has 0 aliphatic rings. The molecule has 0 fully saturated rings. The fourth-order valence-electron chi connectivity index (χ4n) is 2.50. The third kappa shape index (κ3) is 4.76. The van der Waals surface area contributed by atoms with Crippen LogP contribution in [0.3, 0.4) is 0 Å². The van der Waals surface area contributed by atoms with Gasteiger partial charge in [-0.25, -0.2) is 8.42 Å².